The summed E-state index contributed by atoms with van der Waals surface area (Å²) in [6.07, 6.45) is 3.11. The van der Waals surface area contributed by atoms with Crippen molar-refractivity contribution in [2.45, 2.75) is 0 Å². The highest BCUT2D eigenvalue weighted by Crippen LogP contribution is 2.39. The van der Waals surface area contributed by atoms with Crippen molar-refractivity contribution in [1.29, 1.82) is 0 Å². The van der Waals surface area contributed by atoms with E-state index in [1.165, 1.54) is 29.5 Å². The molecule has 0 radical (unpaired) electrons. The van der Waals surface area contributed by atoms with E-state index in [0.717, 1.165) is 4.88 Å². The molecule has 27 heavy (non-hydrogen) atoms. The molecule has 0 saturated heterocycles. The van der Waals surface area contributed by atoms with E-state index in [0.29, 0.717) is 22.3 Å². The van der Waals surface area contributed by atoms with Crippen LogP contribution in [-0.4, -0.2) is 17.5 Å². The van der Waals surface area contributed by atoms with Crippen LogP contribution in [0.3, 0.4) is 0 Å². The molecule has 0 unspecified atom stereocenters. The molecule has 0 saturated carbocycles. The van der Waals surface area contributed by atoms with Crippen LogP contribution >= 0.6 is 11.3 Å². The number of hydrogen-bond acceptors (Lipinski definition) is 6. The van der Waals surface area contributed by atoms with Gasteiger partial charge in [0.15, 0.2) is 17.5 Å². The first-order chi connectivity index (χ1) is 13.2. The predicted molar refractivity (Wildman–Crippen MR) is 98.0 cm³/mol. The quantitative estimate of drug-likeness (QED) is 0.516. The number of nitrogens with zero attached hydrogens (tertiary/aromatic N) is 1. The molecule has 3 aromatic heterocycles. The number of amides is 1. The monoisotopic (exact) mass is 384 g/mol. The van der Waals surface area contributed by atoms with Gasteiger partial charge in [-0.3, -0.25) is 10.1 Å². The second-order valence-corrected chi connectivity index (χ2v) is 6.44. The van der Waals surface area contributed by atoms with Crippen LogP contribution in [0.25, 0.3) is 22.1 Å². The van der Waals surface area contributed by atoms with E-state index >= 15 is 0 Å². The van der Waals surface area contributed by atoms with Crippen LogP contribution in [0.5, 0.6) is 5.75 Å². The van der Waals surface area contributed by atoms with Crippen molar-refractivity contribution in [3.63, 3.8) is 0 Å². The summed E-state index contributed by atoms with van der Waals surface area (Å²) in [7, 11) is 0. The molecule has 4 aromatic rings. The number of aromatic nitrogens is 1. The molecule has 6 nitrogen and oxygen atoms in total. The Morgan fingerprint density at radius 1 is 1.11 bits per heavy atom. The number of carbonyl (C=O) groups is 1. The Morgan fingerprint density at radius 3 is 2.59 bits per heavy atom. The second kappa shape index (κ2) is 7.46. The summed E-state index contributed by atoms with van der Waals surface area (Å²) in [4.78, 5) is 17.3. The Balaban J connectivity index is 1.50. The van der Waals surface area contributed by atoms with Gasteiger partial charge in [0.05, 0.1) is 12.5 Å². The fourth-order valence-corrected chi connectivity index (χ4v) is 3.34. The minimum absolute atomic E-state index is 0.269. The number of ether oxygens (including phenoxy) is 1. The van der Waals surface area contributed by atoms with Gasteiger partial charge in [-0.2, -0.15) is 0 Å². The maximum absolute atomic E-state index is 13.1. The number of thiazole rings is 1. The molecule has 3 heterocycles. The Labute approximate surface area is 157 Å². The number of benzene rings is 1. The molecule has 8 heteroatoms. The van der Waals surface area contributed by atoms with E-state index in [-0.39, 0.29) is 12.4 Å². The van der Waals surface area contributed by atoms with Crippen LogP contribution in [-0.2, 0) is 4.79 Å². The van der Waals surface area contributed by atoms with Gasteiger partial charge in [-0.15, -0.1) is 0 Å². The van der Waals surface area contributed by atoms with Crippen molar-refractivity contribution < 1.29 is 22.8 Å². The summed E-state index contributed by atoms with van der Waals surface area (Å²) in [5, 5.41) is 3.05. The van der Waals surface area contributed by atoms with E-state index in [1.807, 2.05) is 0 Å². The van der Waals surface area contributed by atoms with Gasteiger partial charge in [0.25, 0.3) is 5.91 Å². The lowest BCUT2D eigenvalue weighted by Gasteiger charge is -2.05. The maximum atomic E-state index is 13.1. The van der Waals surface area contributed by atoms with Crippen LogP contribution in [0.4, 0.5) is 9.52 Å². The van der Waals surface area contributed by atoms with Crippen LogP contribution < -0.4 is 10.1 Å². The lowest BCUT2D eigenvalue weighted by atomic mass is 10.2. The van der Waals surface area contributed by atoms with Crippen molar-refractivity contribution in [2.75, 3.05) is 11.9 Å². The summed E-state index contributed by atoms with van der Waals surface area (Å²) < 4.78 is 29.3. The van der Waals surface area contributed by atoms with Gasteiger partial charge in [-0.25, -0.2) is 9.37 Å². The molecule has 0 bridgehead atoms. The van der Waals surface area contributed by atoms with Gasteiger partial charge in [-0.05, 0) is 36.4 Å². The Hall–Kier alpha value is -3.39. The predicted octanol–water partition coefficient (Wildman–Crippen LogP) is 4.82. The molecule has 0 atom stereocenters. The molecule has 0 aliphatic heterocycles. The lowest BCUT2D eigenvalue weighted by Crippen LogP contribution is -2.20. The van der Waals surface area contributed by atoms with Crippen LogP contribution in [0, 0.1) is 5.82 Å². The first-order valence-electron chi connectivity index (χ1n) is 7.96. The number of furan rings is 2. The second-order valence-electron chi connectivity index (χ2n) is 5.45. The molecule has 136 valence electrons. The minimum Gasteiger partial charge on any atom is -0.484 e. The molecular formula is C19H13FN2O4S. The average Bonchev–Trinajstić information content (AvgIpc) is 3.40. The fraction of sp³-hybridized carbons (Fsp3) is 0.0526. The number of nitrogens with one attached hydrogen (secondary N) is 1. The molecule has 0 aliphatic rings. The fourth-order valence-electron chi connectivity index (χ4n) is 2.39. The van der Waals surface area contributed by atoms with Gasteiger partial charge in [0.1, 0.15) is 27.9 Å². The van der Waals surface area contributed by atoms with Crippen LogP contribution in [0.15, 0.2) is 69.9 Å². The number of hydrogen-bond donors (Lipinski definition) is 1. The maximum Gasteiger partial charge on any atom is 0.264 e. The van der Waals surface area contributed by atoms with Gasteiger partial charge in [-0.1, -0.05) is 17.4 Å². The highest BCUT2D eigenvalue weighted by molar-refractivity contribution is 7.19. The minimum atomic E-state index is -0.431. The standard InChI is InChI=1S/C19H13FN2O4S/c20-12-4-1-5-13(10-12)26-11-16(23)21-19-22-17(14-6-2-8-24-14)18(27-19)15-7-3-9-25-15/h1-10H,11H2,(H,21,22,23). The van der Waals surface area contributed by atoms with E-state index in [9.17, 15) is 9.18 Å². The zero-order valence-electron chi connectivity index (χ0n) is 13.8. The van der Waals surface area contributed by atoms with E-state index in [2.05, 4.69) is 10.3 Å². The third-order valence-electron chi connectivity index (χ3n) is 3.54. The average molecular weight is 384 g/mol. The van der Waals surface area contributed by atoms with Crippen molar-refractivity contribution >= 4 is 22.4 Å². The molecular weight excluding hydrogens is 371 g/mol. The van der Waals surface area contributed by atoms with Crippen molar-refractivity contribution in [1.82, 2.24) is 4.98 Å². The Kier molecular flexibility index (Phi) is 4.71. The largest absolute Gasteiger partial charge is 0.484 e. The zero-order valence-corrected chi connectivity index (χ0v) is 14.7. The third kappa shape index (κ3) is 3.90. The first kappa shape index (κ1) is 17.0. The number of carbonyl (C=O) groups excluding carboxylic acids is 1. The van der Waals surface area contributed by atoms with E-state index in [1.54, 1.807) is 42.9 Å². The summed E-state index contributed by atoms with van der Waals surface area (Å²) in [5.74, 6) is 0.616. The SMILES string of the molecule is O=C(COc1cccc(F)c1)Nc1nc(-c2ccco2)c(-c2ccco2)s1. The first-order valence-corrected chi connectivity index (χ1v) is 8.77. The highest BCUT2D eigenvalue weighted by Gasteiger charge is 2.20. The normalized spacial score (nSPS) is 10.7. The molecule has 1 aromatic carbocycles. The summed E-state index contributed by atoms with van der Waals surface area (Å²) in [6.45, 7) is -0.269. The van der Waals surface area contributed by atoms with Crippen LogP contribution in [0.1, 0.15) is 0 Å². The van der Waals surface area contributed by atoms with Gasteiger partial charge in [0.2, 0.25) is 0 Å². The number of anilines is 1. The lowest BCUT2D eigenvalue weighted by molar-refractivity contribution is -0.118. The van der Waals surface area contributed by atoms with Gasteiger partial charge >= 0.3 is 0 Å². The molecule has 0 aliphatic carbocycles. The zero-order chi connectivity index (χ0) is 18.6. The summed E-state index contributed by atoms with van der Waals surface area (Å²) >= 11 is 1.26. The van der Waals surface area contributed by atoms with Gasteiger partial charge in [0, 0.05) is 6.07 Å². The van der Waals surface area contributed by atoms with E-state index < -0.39 is 11.7 Å². The van der Waals surface area contributed by atoms with E-state index in [4.69, 9.17) is 13.6 Å². The summed E-state index contributed by atoms with van der Waals surface area (Å²) in [5.41, 5.74) is 0.571. The topological polar surface area (TPSA) is 77.5 Å². The Bertz CT molecular complexity index is 990. The number of halogens is 1. The molecule has 1 amide bonds. The van der Waals surface area contributed by atoms with Crippen molar-refractivity contribution in [3.05, 3.63) is 66.9 Å². The van der Waals surface area contributed by atoms with Crippen molar-refractivity contribution in [3.8, 4) is 27.8 Å². The van der Waals surface area contributed by atoms with Gasteiger partial charge < -0.3 is 13.6 Å². The summed E-state index contributed by atoms with van der Waals surface area (Å²) in [6, 6.07) is 12.7. The molecule has 0 fully saturated rings. The van der Waals surface area contributed by atoms with Crippen molar-refractivity contribution in [2.24, 2.45) is 0 Å². The van der Waals surface area contributed by atoms with Crippen LogP contribution in [0.2, 0.25) is 0 Å². The molecule has 1 N–H and O–H groups in total. The smallest absolute Gasteiger partial charge is 0.264 e. The third-order valence-corrected chi connectivity index (χ3v) is 4.52. The highest BCUT2D eigenvalue weighted by atomic mass is 32.1. The molecule has 0 spiro atoms. The number of rotatable bonds is 6. The molecule has 4 rings (SSSR count). The Morgan fingerprint density at radius 2 is 1.89 bits per heavy atom.